The number of ether oxygens (including phenoxy) is 1. The van der Waals surface area contributed by atoms with E-state index in [4.69, 9.17) is 10.5 Å². The number of benzene rings is 2. The third kappa shape index (κ3) is 5.51. The molecule has 0 aliphatic rings. The Morgan fingerprint density at radius 2 is 1.90 bits per heavy atom. The summed E-state index contributed by atoms with van der Waals surface area (Å²) in [6.07, 6.45) is 2.89. The van der Waals surface area contributed by atoms with Crippen molar-refractivity contribution in [2.45, 2.75) is 12.8 Å². The molecule has 0 unspecified atom stereocenters. The smallest absolute Gasteiger partial charge is 0.239 e. The van der Waals surface area contributed by atoms with Crippen molar-refractivity contribution in [2.24, 2.45) is 5.73 Å². The van der Waals surface area contributed by atoms with E-state index in [1.807, 2.05) is 53.6 Å². The van der Waals surface area contributed by atoms with E-state index in [2.05, 4.69) is 16.4 Å². The Balaban J connectivity index is 1.57. The maximum atomic E-state index is 12.5. The third-order valence-electron chi connectivity index (χ3n) is 4.79. The van der Waals surface area contributed by atoms with Gasteiger partial charge >= 0.3 is 0 Å². The quantitative estimate of drug-likeness (QED) is 0.491. The topological polar surface area (TPSA) is 100 Å². The normalized spacial score (nSPS) is 10.7. The van der Waals surface area contributed by atoms with E-state index in [0.717, 1.165) is 23.4 Å². The fraction of sp³-hybridized carbons (Fsp3) is 0.273. The van der Waals surface area contributed by atoms with Crippen LogP contribution in [0.4, 0.5) is 5.69 Å². The first-order valence-corrected chi connectivity index (χ1v) is 9.56. The van der Waals surface area contributed by atoms with Gasteiger partial charge in [0.15, 0.2) is 0 Å². The summed E-state index contributed by atoms with van der Waals surface area (Å²) in [5, 5.41) is 4.13. The molecule has 2 amide bonds. The number of methoxy groups -OCH3 is 1. The number of primary amides is 1. The van der Waals surface area contributed by atoms with Crippen LogP contribution < -0.4 is 20.7 Å². The minimum absolute atomic E-state index is 0.106. The Bertz CT molecular complexity index is 966. The van der Waals surface area contributed by atoms with E-state index < -0.39 is 5.91 Å². The lowest BCUT2D eigenvalue weighted by Crippen LogP contribution is -2.39. The van der Waals surface area contributed by atoms with Crippen molar-refractivity contribution in [1.82, 2.24) is 10.3 Å². The molecule has 3 aromatic rings. The number of hydrogen-bond acceptors (Lipinski definition) is 4. The van der Waals surface area contributed by atoms with Crippen LogP contribution in [-0.2, 0) is 16.0 Å². The van der Waals surface area contributed by atoms with Gasteiger partial charge in [-0.25, -0.2) is 0 Å². The predicted octanol–water partition coefficient (Wildman–Crippen LogP) is 2.22. The van der Waals surface area contributed by atoms with Gasteiger partial charge in [-0.3, -0.25) is 9.59 Å². The fourth-order valence-corrected chi connectivity index (χ4v) is 3.24. The molecule has 4 N–H and O–H groups in total. The Labute approximate surface area is 169 Å². The van der Waals surface area contributed by atoms with Crippen molar-refractivity contribution in [3.8, 4) is 5.75 Å². The third-order valence-corrected chi connectivity index (χ3v) is 4.79. The summed E-state index contributed by atoms with van der Waals surface area (Å²) in [5.74, 6) is 0.222. The zero-order valence-electron chi connectivity index (χ0n) is 16.5. The summed E-state index contributed by atoms with van der Waals surface area (Å²) >= 11 is 0. The molecule has 0 aliphatic carbocycles. The molecule has 1 aromatic heterocycles. The van der Waals surface area contributed by atoms with E-state index in [-0.39, 0.29) is 18.9 Å². The number of para-hydroxylation sites is 1. The second-order valence-corrected chi connectivity index (χ2v) is 6.80. The number of nitrogens with zero attached hydrogens (tertiary/aromatic N) is 1. The number of nitrogens with one attached hydrogen (secondary N) is 2. The van der Waals surface area contributed by atoms with Crippen LogP contribution in [0.15, 0.2) is 54.7 Å². The van der Waals surface area contributed by atoms with Gasteiger partial charge in [0.25, 0.3) is 0 Å². The number of H-pyrrole nitrogens is 1. The average Bonchev–Trinajstić information content (AvgIpc) is 3.14. The molecule has 0 radical (unpaired) electrons. The van der Waals surface area contributed by atoms with E-state index in [1.54, 1.807) is 7.11 Å². The number of hydrogen-bond donors (Lipinski definition) is 3. The summed E-state index contributed by atoms with van der Waals surface area (Å²) < 4.78 is 5.17. The molecule has 0 spiro atoms. The maximum Gasteiger partial charge on any atom is 0.239 e. The lowest BCUT2D eigenvalue weighted by Gasteiger charge is -2.24. The molecule has 0 saturated carbocycles. The van der Waals surface area contributed by atoms with E-state index in [0.29, 0.717) is 13.1 Å². The summed E-state index contributed by atoms with van der Waals surface area (Å²) in [7, 11) is 1.60. The van der Waals surface area contributed by atoms with Crippen LogP contribution in [-0.4, -0.2) is 43.5 Å². The molecule has 0 bridgehead atoms. The molecule has 7 nitrogen and oxygen atoms in total. The monoisotopic (exact) mass is 394 g/mol. The highest BCUT2D eigenvalue weighted by Gasteiger charge is 2.13. The number of amides is 2. The van der Waals surface area contributed by atoms with E-state index in [1.165, 1.54) is 10.9 Å². The Morgan fingerprint density at radius 3 is 2.62 bits per heavy atom. The number of carbonyl (C=O) groups excluding carboxylic acids is 2. The van der Waals surface area contributed by atoms with Gasteiger partial charge in [-0.2, -0.15) is 0 Å². The second kappa shape index (κ2) is 9.64. The zero-order valence-corrected chi connectivity index (χ0v) is 16.5. The van der Waals surface area contributed by atoms with Crippen LogP contribution in [0.5, 0.6) is 5.75 Å². The Hall–Kier alpha value is -3.48. The summed E-state index contributed by atoms with van der Waals surface area (Å²) in [6, 6.07) is 15.5. The van der Waals surface area contributed by atoms with Crippen molar-refractivity contribution < 1.29 is 14.3 Å². The molecule has 0 saturated heterocycles. The molecule has 0 fully saturated rings. The first kappa shape index (κ1) is 20.3. The van der Waals surface area contributed by atoms with Crippen molar-refractivity contribution in [3.05, 3.63) is 60.3 Å². The fourth-order valence-electron chi connectivity index (χ4n) is 3.24. The number of aromatic amines is 1. The minimum atomic E-state index is -0.400. The molecule has 152 valence electrons. The molecular formula is C22H26N4O3. The number of fused-ring (bicyclic) bond motifs is 1. The molecule has 2 aromatic carbocycles. The zero-order chi connectivity index (χ0) is 20.6. The van der Waals surface area contributed by atoms with Crippen molar-refractivity contribution in [1.29, 1.82) is 0 Å². The van der Waals surface area contributed by atoms with Crippen LogP contribution in [0, 0.1) is 0 Å². The molecular weight excluding hydrogens is 368 g/mol. The standard InChI is InChI=1S/C22H26N4O3/c1-29-18-8-6-17(7-9-18)26(13-11-21(23)27)15-22(28)24-12-10-16-14-25-20-5-3-2-4-19(16)20/h2-9,14,25H,10-13,15H2,1H3,(H2,23,27)(H,24,28). The second-order valence-electron chi connectivity index (χ2n) is 6.80. The molecule has 3 rings (SSSR count). The van der Waals surface area contributed by atoms with Gasteiger partial charge in [-0.05, 0) is 42.3 Å². The average molecular weight is 394 g/mol. The van der Waals surface area contributed by atoms with Crippen LogP contribution in [0.3, 0.4) is 0 Å². The van der Waals surface area contributed by atoms with Gasteiger partial charge in [0.2, 0.25) is 11.8 Å². The minimum Gasteiger partial charge on any atom is -0.497 e. The summed E-state index contributed by atoms with van der Waals surface area (Å²) in [5.41, 5.74) is 8.38. The van der Waals surface area contributed by atoms with Gasteiger partial charge < -0.3 is 25.7 Å². The maximum absolute atomic E-state index is 12.5. The van der Waals surface area contributed by atoms with Crippen LogP contribution in [0.2, 0.25) is 0 Å². The summed E-state index contributed by atoms with van der Waals surface area (Å²) in [4.78, 5) is 28.8. The summed E-state index contributed by atoms with van der Waals surface area (Å²) in [6.45, 7) is 1.05. The van der Waals surface area contributed by atoms with E-state index >= 15 is 0 Å². The molecule has 0 aliphatic heterocycles. The number of aromatic nitrogens is 1. The SMILES string of the molecule is COc1ccc(N(CCC(N)=O)CC(=O)NCCc2c[nH]c3ccccc23)cc1. The van der Waals surface area contributed by atoms with Crippen molar-refractivity contribution in [3.63, 3.8) is 0 Å². The predicted molar refractivity (Wildman–Crippen MR) is 114 cm³/mol. The van der Waals surface area contributed by atoms with Crippen LogP contribution in [0.1, 0.15) is 12.0 Å². The Kier molecular flexibility index (Phi) is 6.73. The lowest BCUT2D eigenvalue weighted by atomic mass is 10.1. The van der Waals surface area contributed by atoms with Crippen LogP contribution in [0.25, 0.3) is 10.9 Å². The lowest BCUT2D eigenvalue weighted by molar-refractivity contribution is -0.120. The van der Waals surface area contributed by atoms with Gasteiger partial charge in [0, 0.05) is 42.3 Å². The Morgan fingerprint density at radius 1 is 1.14 bits per heavy atom. The van der Waals surface area contributed by atoms with Gasteiger partial charge in [0.05, 0.1) is 13.7 Å². The number of anilines is 1. The van der Waals surface area contributed by atoms with E-state index in [9.17, 15) is 9.59 Å². The van der Waals surface area contributed by atoms with Gasteiger partial charge in [-0.15, -0.1) is 0 Å². The first-order valence-electron chi connectivity index (χ1n) is 9.56. The molecule has 7 heteroatoms. The van der Waals surface area contributed by atoms with Crippen molar-refractivity contribution in [2.75, 3.05) is 31.6 Å². The number of rotatable bonds is 10. The van der Waals surface area contributed by atoms with Crippen molar-refractivity contribution >= 4 is 28.4 Å². The molecule has 0 atom stereocenters. The van der Waals surface area contributed by atoms with Crippen LogP contribution >= 0.6 is 0 Å². The largest absolute Gasteiger partial charge is 0.497 e. The first-order chi connectivity index (χ1) is 14.1. The molecule has 1 heterocycles. The molecule has 29 heavy (non-hydrogen) atoms. The van der Waals surface area contributed by atoms with Gasteiger partial charge in [-0.1, -0.05) is 18.2 Å². The number of carbonyl (C=O) groups is 2. The highest BCUT2D eigenvalue weighted by molar-refractivity contribution is 5.84. The highest BCUT2D eigenvalue weighted by atomic mass is 16.5. The van der Waals surface area contributed by atoms with Gasteiger partial charge in [0.1, 0.15) is 5.75 Å². The number of nitrogens with two attached hydrogens (primary N) is 1. The highest BCUT2D eigenvalue weighted by Crippen LogP contribution is 2.20.